The Morgan fingerprint density at radius 2 is 1.90 bits per heavy atom. The van der Waals surface area contributed by atoms with Gasteiger partial charge in [-0.05, 0) is 19.4 Å². The Bertz CT molecular complexity index is 450. The van der Waals surface area contributed by atoms with E-state index in [1.165, 1.54) is 13.8 Å². The van der Waals surface area contributed by atoms with Gasteiger partial charge in [-0.3, -0.25) is 5.32 Å². The first kappa shape index (κ1) is 16.5. The van der Waals surface area contributed by atoms with Crippen molar-refractivity contribution in [3.63, 3.8) is 0 Å². The number of halogens is 3. The van der Waals surface area contributed by atoms with Crippen LogP contribution in [0.4, 0.5) is 13.2 Å². The molecule has 0 saturated heterocycles. The van der Waals surface area contributed by atoms with Gasteiger partial charge >= 0.3 is 17.9 Å². The van der Waals surface area contributed by atoms with Gasteiger partial charge in [-0.2, -0.15) is 13.2 Å². The number of hydrogen-bond donors (Lipinski definition) is 2. The van der Waals surface area contributed by atoms with Gasteiger partial charge in [-0.15, -0.1) is 0 Å². The fourth-order valence-electron chi connectivity index (χ4n) is 1.63. The van der Waals surface area contributed by atoms with Gasteiger partial charge in [0.2, 0.25) is 0 Å². The molecule has 0 spiro atoms. The first-order valence-corrected chi connectivity index (χ1v) is 6.01. The van der Waals surface area contributed by atoms with E-state index in [2.05, 4.69) is 4.74 Å². The predicted octanol–water partition coefficient (Wildman–Crippen LogP) is 2.15. The number of alkyl halides is 3. The van der Waals surface area contributed by atoms with Gasteiger partial charge < -0.3 is 9.84 Å². The maximum atomic E-state index is 12.9. The molecule has 0 amide bonds. The zero-order valence-electron chi connectivity index (χ0n) is 11.1. The van der Waals surface area contributed by atoms with E-state index in [0.29, 0.717) is 5.56 Å². The molecule has 0 saturated carbocycles. The number of benzene rings is 1. The van der Waals surface area contributed by atoms with Crippen LogP contribution >= 0.6 is 0 Å². The normalized spacial score (nSPS) is 16.3. The van der Waals surface area contributed by atoms with Crippen LogP contribution in [0, 0.1) is 0 Å². The summed E-state index contributed by atoms with van der Waals surface area (Å²) in [5, 5.41) is 11.6. The maximum absolute atomic E-state index is 12.9. The number of hydrogen-bond acceptors (Lipinski definition) is 4. The molecule has 1 aromatic rings. The molecule has 20 heavy (non-hydrogen) atoms. The van der Waals surface area contributed by atoms with Gasteiger partial charge in [0, 0.05) is 6.04 Å². The minimum absolute atomic E-state index is 0.265. The average molecular weight is 291 g/mol. The molecule has 0 aromatic heterocycles. The maximum Gasteiger partial charge on any atom is 0.442 e. The number of esters is 1. The van der Waals surface area contributed by atoms with Crippen LogP contribution < -0.4 is 5.32 Å². The van der Waals surface area contributed by atoms with Crippen molar-refractivity contribution in [1.29, 1.82) is 0 Å². The Hall–Kier alpha value is -1.60. The molecule has 0 aliphatic heterocycles. The van der Waals surface area contributed by atoms with E-state index in [1.807, 2.05) is 5.32 Å². The summed E-state index contributed by atoms with van der Waals surface area (Å²) in [5.74, 6) is -1.77. The van der Waals surface area contributed by atoms with Crippen molar-refractivity contribution in [3.05, 3.63) is 35.9 Å². The summed E-state index contributed by atoms with van der Waals surface area (Å²) in [4.78, 5) is 11.4. The molecule has 0 bridgehead atoms. The van der Waals surface area contributed by atoms with E-state index in [1.54, 1.807) is 30.3 Å². The highest BCUT2D eigenvalue weighted by Gasteiger charge is 2.61. The SMILES string of the molecule is CCOC(=O)C(O)(NC(C)c1ccccc1)C(F)(F)F. The zero-order valence-corrected chi connectivity index (χ0v) is 11.1. The Morgan fingerprint density at radius 1 is 1.35 bits per heavy atom. The van der Waals surface area contributed by atoms with Crippen molar-refractivity contribution < 1.29 is 27.8 Å². The molecule has 2 unspecified atom stereocenters. The van der Waals surface area contributed by atoms with Crippen LogP contribution in [0.5, 0.6) is 0 Å². The van der Waals surface area contributed by atoms with Crippen molar-refractivity contribution in [1.82, 2.24) is 5.32 Å². The summed E-state index contributed by atoms with van der Waals surface area (Å²) in [6, 6.07) is 7.26. The molecule has 0 aliphatic carbocycles. The first-order chi connectivity index (χ1) is 9.22. The van der Waals surface area contributed by atoms with Crippen LogP contribution in [0.3, 0.4) is 0 Å². The van der Waals surface area contributed by atoms with Crippen LogP contribution in [0.25, 0.3) is 0 Å². The van der Waals surface area contributed by atoms with Gasteiger partial charge in [0.1, 0.15) is 0 Å². The van der Waals surface area contributed by atoms with Crippen molar-refractivity contribution in [2.45, 2.75) is 31.8 Å². The van der Waals surface area contributed by atoms with E-state index in [9.17, 15) is 23.1 Å². The second-order valence-corrected chi connectivity index (χ2v) is 4.21. The lowest BCUT2D eigenvalue weighted by atomic mass is 10.1. The van der Waals surface area contributed by atoms with Crippen molar-refractivity contribution in [2.75, 3.05) is 6.61 Å². The summed E-state index contributed by atoms with van der Waals surface area (Å²) in [6.45, 7) is 2.50. The summed E-state index contributed by atoms with van der Waals surface area (Å²) < 4.78 is 43.1. The van der Waals surface area contributed by atoms with E-state index in [-0.39, 0.29) is 6.61 Å². The molecular formula is C13H16F3NO3. The van der Waals surface area contributed by atoms with E-state index in [4.69, 9.17) is 0 Å². The molecule has 2 atom stereocenters. The topological polar surface area (TPSA) is 58.6 Å². The number of rotatable bonds is 5. The fourth-order valence-corrected chi connectivity index (χ4v) is 1.63. The highest BCUT2D eigenvalue weighted by molar-refractivity contribution is 5.80. The highest BCUT2D eigenvalue weighted by Crippen LogP contribution is 2.31. The molecule has 1 rings (SSSR count). The summed E-state index contributed by atoms with van der Waals surface area (Å²) in [6.07, 6.45) is -5.19. The Balaban J connectivity index is 2.99. The Labute approximate surface area is 114 Å². The van der Waals surface area contributed by atoms with Gasteiger partial charge in [-0.25, -0.2) is 4.79 Å². The van der Waals surface area contributed by atoms with Crippen LogP contribution in [0.15, 0.2) is 30.3 Å². The smallest absolute Gasteiger partial charge is 0.442 e. The van der Waals surface area contributed by atoms with Gasteiger partial charge in [0.25, 0.3) is 0 Å². The molecule has 0 heterocycles. The molecule has 7 heteroatoms. The molecule has 112 valence electrons. The third kappa shape index (κ3) is 3.49. The van der Waals surface area contributed by atoms with Gasteiger partial charge in [0.05, 0.1) is 6.61 Å². The van der Waals surface area contributed by atoms with Gasteiger partial charge in [-0.1, -0.05) is 30.3 Å². The molecule has 0 aliphatic rings. The molecule has 0 fully saturated rings. The van der Waals surface area contributed by atoms with E-state index in [0.717, 1.165) is 0 Å². The monoisotopic (exact) mass is 291 g/mol. The largest absolute Gasteiger partial charge is 0.463 e. The van der Waals surface area contributed by atoms with Crippen LogP contribution in [0.2, 0.25) is 0 Å². The summed E-state index contributed by atoms with van der Waals surface area (Å²) in [7, 11) is 0. The van der Waals surface area contributed by atoms with Crippen molar-refractivity contribution in [3.8, 4) is 0 Å². The van der Waals surface area contributed by atoms with E-state index >= 15 is 0 Å². The second-order valence-electron chi connectivity index (χ2n) is 4.21. The number of ether oxygens (including phenoxy) is 1. The summed E-state index contributed by atoms with van der Waals surface area (Å²) in [5.41, 5.74) is -3.24. The minimum atomic E-state index is -5.19. The quantitative estimate of drug-likeness (QED) is 0.644. The molecule has 1 aromatic carbocycles. The van der Waals surface area contributed by atoms with Crippen LogP contribution in [-0.2, 0) is 9.53 Å². The standard InChI is InChI=1S/C13H16F3NO3/c1-3-20-11(18)12(19,13(14,15)16)17-9(2)10-7-5-4-6-8-10/h4-9,17,19H,3H2,1-2H3. The number of aliphatic hydroxyl groups is 1. The third-order valence-corrected chi connectivity index (χ3v) is 2.71. The Morgan fingerprint density at radius 3 is 2.35 bits per heavy atom. The fraction of sp³-hybridized carbons (Fsp3) is 0.462. The molecule has 2 N–H and O–H groups in total. The molecule has 4 nitrogen and oxygen atoms in total. The lowest BCUT2D eigenvalue weighted by molar-refractivity contribution is -0.275. The average Bonchev–Trinajstić information content (AvgIpc) is 2.38. The van der Waals surface area contributed by atoms with Gasteiger partial charge in [0.15, 0.2) is 0 Å². The summed E-state index contributed by atoms with van der Waals surface area (Å²) >= 11 is 0. The third-order valence-electron chi connectivity index (χ3n) is 2.71. The number of carbonyl (C=O) groups is 1. The Kier molecular flexibility index (Phi) is 5.13. The number of nitrogens with one attached hydrogen (secondary N) is 1. The lowest BCUT2D eigenvalue weighted by Crippen LogP contribution is -2.63. The van der Waals surface area contributed by atoms with Crippen LogP contribution in [-0.4, -0.2) is 29.6 Å². The lowest BCUT2D eigenvalue weighted by Gasteiger charge is -2.31. The zero-order chi connectivity index (χ0) is 15.4. The second kappa shape index (κ2) is 6.23. The first-order valence-electron chi connectivity index (χ1n) is 6.01. The predicted molar refractivity (Wildman–Crippen MR) is 65.6 cm³/mol. The van der Waals surface area contributed by atoms with E-state index < -0.39 is 23.9 Å². The van der Waals surface area contributed by atoms with Crippen molar-refractivity contribution >= 4 is 5.97 Å². The highest BCUT2D eigenvalue weighted by atomic mass is 19.4. The molecule has 0 radical (unpaired) electrons. The minimum Gasteiger partial charge on any atom is -0.463 e. The van der Waals surface area contributed by atoms with Crippen LogP contribution in [0.1, 0.15) is 25.5 Å². The van der Waals surface area contributed by atoms with Crippen molar-refractivity contribution in [2.24, 2.45) is 0 Å². The molecular weight excluding hydrogens is 275 g/mol. The number of carbonyl (C=O) groups excluding carboxylic acids is 1.